The first-order chi connectivity index (χ1) is 13.7. The third-order valence-electron chi connectivity index (χ3n) is 4.36. The number of nitriles is 1. The molecular weight excluding hydrogens is 390 g/mol. The maximum Gasteiger partial charge on any atom is 0.222 e. The smallest absolute Gasteiger partial charge is 0.222 e. The van der Waals surface area contributed by atoms with Gasteiger partial charge in [-0.15, -0.1) is 0 Å². The molecule has 2 atom stereocenters. The van der Waals surface area contributed by atoms with Crippen molar-refractivity contribution in [2.75, 3.05) is 13.4 Å². The highest BCUT2D eigenvalue weighted by atomic mass is 32.2. The summed E-state index contributed by atoms with van der Waals surface area (Å²) in [4.78, 5) is 12.7. The fourth-order valence-electron chi connectivity index (χ4n) is 3.02. The number of carbonyl (C=O) groups excluding carboxylic acids is 1. The number of nitrogens with one attached hydrogen (secondary N) is 2. The van der Waals surface area contributed by atoms with Crippen LogP contribution >= 0.6 is 0 Å². The number of methoxy groups -OCH3 is 1. The average Bonchev–Trinajstić information content (AvgIpc) is 2.95. The van der Waals surface area contributed by atoms with Crippen LogP contribution in [0, 0.1) is 11.3 Å². The number of hydrogen-bond donors (Lipinski definition) is 2. The highest BCUT2D eigenvalue weighted by molar-refractivity contribution is 7.88. The zero-order valence-electron chi connectivity index (χ0n) is 16.7. The average molecular weight is 416 g/mol. The van der Waals surface area contributed by atoms with Gasteiger partial charge in [-0.1, -0.05) is 36.4 Å². The Morgan fingerprint density at radius 3 is 2.76 bits per heavy atom. The van der Waals surface area contributed by atoms with E-state index in [0.29, 0.717) is 16.9 Å². The second kappa shape index (κ2) is 10.0. The van der Waals surface area contributed by atoms with Crippen molar-refractivity contribution in [2.24, 2.45) is 0 Å². The van der Waals surface area contributed by atoms with Gasteiger partial charge in [0.15, 0.2) is 0 Å². The van der Waals surface area contributed by atoms with Crippen LogP contribution in [0.5, 0.6) is 5.75 Å². The van der Waals surface area contributed by atoms with Crippen molar-refractivity contribution >= 4 is 15.9 Å². The topological polar surface area (TPSA) is 108 Å². The van der Waals surface area contributed by atoms with Crippen molar-refractivity contribution in [3.05, 3.63) is 65.3 Å². The standard InChI is InChI=1S/C21H25N3O4S/c1-15(18-11-10-16(14-22)12-20(18)28-2)23-21(25)13-19(24-29(3,26)27)17-8-6-4-5-7-9-17/h4,6-12,15,19,24H,5,13H2,1-3H3,(H,23,25). The van der Waals surface area contributed by atoms with Gasteiger partial charge in [0.2, 0.25) is 15.9 Å². The van der Waals surface area contributed by atoms with Crippen LogP contribution < -0.4 is 14.8 Å². The van der Waals surface area contributed by atoms with Crippen molar-refractivity contribution in [3.8, 4) is 11.8 Å². The van der Waals surface area contributed by atoms with Gasteiger partial charge in [0, 0.05) is 12.0 Å². The molecule has 2 N–H and O–H groups in total. The van der Waals surface area contributed by atoms with Crippen LogP contribution in [0.2, 0.25) is 0 Å². The predicted molar refractivity (Wildman–Crippen MR) is 112 cm³/mol. The summed E-state index contributed by atoms with van der Waals surface area (Å²) in [7, 11) is -2.01. The lowest BCUT2D eigenvalue weighted by Crippen LogP contribution is -2.40. The molecule has 1 amide bonds. The molecule has 0 radical (unpaired) electrons. The molecule has 8 heteroatoms. The zero-order chi connectivity index (χ0) is 21.4. The summed E-state index contributed by atoms with van der Waals surface area (Å²) in [5.74, 6) is 0.190. The maximum atomic E-state index is 12.7. The van der Waals surface area contributed by atoms with Gasteiger partial charge >= 0.3 is 0 Å². The lowest BCUT2D eigenvalue weighted by molar-refractivity contribution is -0.121. The molecule has 2 unspecified atom stereocenters. The monoisotopic (exact) mass is 415 g/mol. The van der Waals surface area contributed by atoms with Gasteiger partial charge < -0.3 is 10.1 Å². The fourth-order valence-corrected chi connectivity index (χ4v) is 3.75. The van der Waals surface area contributed by atoms with Crippen LogP contribution in [0.3, 0.4) is 0 Å². The first kappa shape index (κ1) is 22.4. The van der Waals surface area contributed by atoms with E-state index in [0.717, 1.165) is 18.2 Å². The number of carbonyl (C=O) groups is 1. The molecule has 0 bridgehead atoms. The van der Waals surface area contributed by atoms with Crippen LogP contribution in [-0.2, 0) is 14.8 Å². The van der Waals surface area contributed by atoms with E-state index in [9.17, 15) is 13.2 Å². The number of benzene rings is 1. The fraction of sp³-hybridized carbons (Fsp3) is 0.333. The van der Waals surface area contributed by atoms with Crippen LogP contribution in [0.1, 0.15) is 36.9 Å². The molecule has 2 rings (SSSR count). The van der Waals surface area contributed by atoms with Gasteiger partial charge in [0.25, 0.3) is 0 Å². The molecule has 1 aliphatic rings. The minimum Gasteiger partial charge on any atom is -0.496 e. The van der Waals surface area contributed by atoms with E-state index in [4.69, 9.17) is 10.00 Å². The number of allylic oxidation sites excluding steroid dienone is 4. The molecule has 0 fully saturated rings. The van der Waals surface area contributed by atoms with Gasteiger partial charge in [-0.2, -0.15) is 5.26 Å². The zero-order valence-corrected chi connectivity index (χ0v) is 17.5. The van der Waals surface area contributed by atoms with Crippen molar-refractivity contribution in [3.63, 3.8) is 0 Å². The van der Waals surface area contributed by atoms with E-state index in [-0.39, 0.29) is 18.4 Å². The van der Waals surface area contributed by atoms with E-state index < -0.39 is 16.1 Å². The van der Waals surface area contributed by atoms with E-state index in [1.165, 1.54) is 7.11 Å². The molecule has 1 aromatic carbocycles. The molecule has 0 heterocycles. The summed E-state index contributed by atoms with van der Waals surface area (Å²) < 4.78 is 31.4. The van der Waals surface area contributed by atoms with Crippen molar-refractivity contribution in [1.82, 2.24) is 10.0 Å². The van der Waals surface area contributed by atoms with Gasteiger partial charge in [0.05, 0.1) is 37.1 Å². The Hall–Kier alpha value is -2.89. The Kier molecular flexibility index (Phi) is 7.76. The summed E-state index contributed by atoms with van der Waals surface area (Å²) in [5.41, 5.74) is 1.90. The summed E-state index contributed by atoms with van der Waals surface area (Å²) in [6.07, 6.45) is 11.1. The summed E-state index contributed by atoms with van der Waals surface area (Å²) in [6.45, 7) is 1.80. The number of ether oxygens (including phenoxy) is 1. The number of hydrogen-bond acceptors (Lipinski definition) is 5. The minimum absolute atomic E-state index is 0.0555. The number of sulfonamides is 1. The molecule has 1 aliphatic carbocycles. The summed E-state index contributed by atoms with van der Waals surface area (Å²) in [6, 6.07) is 5.98. The van der Waals surface area contributed by atoms with Crippen LogP contribution in [0.25, 0.3) is 0 Å². The number of nitrogens with zero attached hydrogens (tertiary/aromatic N) is 1. The molecule has 0 spiro atoms. The molecule has 1 aromatic rings. The SMILES string of the molecule is COc1cc(C#N)ccc1C(C)NC(=O)CC(NS(C)(=O)=O)C1=CC=CCC=C1. The van der Waals surface area contributed by atoms with E-state index in [2.05, 4.69) is 10.0 Å². The molecular formula is C21H25N3O4S. The van der Waals surface area contributed by atoms with Crippen molar-refractivity contribution < 1.29 is 17.9 Å². The predicted octanol–water partition coefficient (Wildman–Crippen LogP) is 2.49. The Balaban J connectivity index is 2.16. The van der Waals surface area contributed by atoms with E-state index >= 15 is 0 Å². The maximum absolute atomic E-state index is 12.7. The van der Waals surface area contributed by atoms with Crippen LogP contribution in [0.4, 0.5) is 0 Å². The molecule has 0 saturated heterocycles. The second-order valence-corrected chi connectivity index (χ2v) is 8.52. The highest BCUT2D eigenvalue weighted by Crippen LogP contribution is 2.26. The highest BCUT2D eigenvalue weighted by Gasteiger charge is 2.22. The van der Waals surface area contributed by atoms with Gasteiger partial charge in [-0.05, 0) is 31.1 Å². The lowest BCUT2D eigenvalue weighted by Gasteiger charge is -2.21. The molecule has 7 nitrogen and oxygen atoms in total. The summed E-state index contributed by atoms with van der Waals surface area (Å²) in [5, 5.41) is 11.9. The van der Waals surface area contributed by atoms with Crippen molar-refractivity contribution in [1.29, 1.82) is 5.26 Å². The molecule has 29 heavy (non-hydrogen) atoms. The summed E-state index contributed by atoms with van der Waals surface area (Å²) >= 11 is 0. The number of rotatable bonds is 8. The first-order valence-electron chi connectivity index (χ1n) is 9.11. The van der Waals surface area contributed by atoms with Gasteiger partial charge in [0.1, 0.15) is 5.75 Å². The quantitative estimate of drug-likeness (QED) is 0.678. The third-order valence-corrected chi connectivity index (χ3v) is 5.07. The largest absolute Gasteiger partial charge is 0.496 e. The first-order valence-corrected chi connectivity index (χ1v) is 11.0. The Bertz CT molecular complexity index is 988. The Labute approximate surface area is 171 Å². The molecule has 154 valence electrons. The Morgan fingerprint density at radius 1 is 1.34 bits per heavy atom. The van der Waals surface area contributed by atoms with E-state index in [1.54, 1.807) is 31.2 Å². The van der Waals surface area contributed by atoms with E-state index in [1.807, 2.05) is 30.4 Å². The van der Waals surface area contributed by atoms with Crippen LogP contribution in [-0.4, -0.2) is 33.7 Å². The third kappa shape index (κ3) is 6.89. The van der Waals surface area contributed by atoms with Crippen LogP contribution in [0.15, 0.2) is 54.2 Å². The normalized spacial score (nSPS) is 15.6. The second-order valence-electron chi connectivity index (χ2n) is 6.74. The van der Waals surface area contributed by atoms with Gasteiger partial charge in [-0.3, -0.25) is 4.79 Å². The van der Waals surface area contributed by atoms with Crippen molar-refractivity contribution in [2.45, 2.75) is 31.8 Å². The molecule has 0 aliphatic heterocycles. The van der Waals surface area contributed by atoms with Gasteiger partial charge in [-0.25, -0.2) is 13.1 Å². The number of amides is 1. The lowest BCUT2D eigenvalue weighted by atomic mass is 10.0. The molecule has 0 saturated carbocycles. The Morgan fingerprint density at radius 2 is 2.10 bits per heavy atom. The molecule has 0 aromatic heterocycles. The minimum atomic E-state index is -3.51.